The van der Waals surface area contributed by atoms with Crippen molar-refractivity contribution in [1.29, 1.82) is 0 Å². The third-order valence-corrected chi connectivity index (χ3v) is 4.11. The Morgan fingerprint density at radius 3 is 1.82 bits per heavy atom. The number of alkyl halides is 5. The van der Waals surface area contributed by atoms with Gasteiger partial charge in [0.1, 0.15) is 0 Å². The first-order valence-corrected chi connectivity index (χ1v) is 6.89. The van der Waals surface area contributed by atoms with Gasteiger partial charge in [0.15, 0.2) is 0 Å². The number of hydrogen-bond acceptors (Lipinski definition) is 0. The molecule has 0 aromatic heterocycles. The predicted molar refractivity (Wildman–Crippen MR) is 76.9 cm³/mol. The zero-order valence-corrected chi connectivity index (χ0v) is 12.8. The van der Waals surface area contributed by atoms with Gasteiger partial charge in [-0.2, -0.15) is 13.2 Å². The summed E-state index contributed by atoms with van der Waals surface area (Å²) in [6.07, 6.45) is -8.13. The molecule has 0 fully saturated rings. The van der Waals surface area contributed by atoms with Crippen LogP contribution in [0.1, 0.15) is 17.6 Å². The molecule has 0 radical (unpaired) electrons. The third kappa shape index (κ3) is 3.47. The Kier molecular flexibility index (Phi) is 4.90. The maximum Gasteiger partial charge on any atom is 0.416 e. The van der Waals surface area contributed by atoms with Crippen molar-refractivity contribution in [3.8, 4) is 11.1 Å². The number of halogens is 8. The summed E-state index contributed by atoms with van der Waals surface area (Å²) >= 11 is 17.4. The van der Waals surface area contributed by atoms with Crippen LogP contribution in [0.2, 0.25) is 15.1 Å². The summed E-state index contributed by atoms with van der Waals surface area (Å²) in [6, 6.07) is 5.13. The molecule has 2 aromatic carbocycles. The van der Waals surface area contributed by atoms with Gasteiger partial charge in [-0.3, -0.25) is 0 Å². The van der Waals surface area contributed by atoms with Gasteiger partial charge in [0.2, 0.25) is 0 Å². The molecule has 0 spiro atoms. The normalized spacial score (nSPS) is 12.0. The second-order valence-corrected chi connectivity index (χ2v) is 5.55. The Bertz CT molecular complexity index is 687. The van der Waals surface area contributed by atoms with E-state index in [1.807, 2.05) is 0 Å². The van der Waals surface area contributed by atoms with Crippen LogP contribution < -0.4 is 0 Å². The van der Waals surface area contributed by atoms with Gasteiger partial charge < -0.3 is 0 Å². The van der Waals surface area contributed by atoms with Crippen LogP contribution in [0.4, 0.5) is 22.0 Å². The fraction of sp³-hybridized carbons (Fsp3) is 0.143. The van der Waals surface area contributed by atoms with E-state index in [2.05, 4.69) is 0 Å². The molecule has 0 saturated carbocycles. The van der Waals surface area contributed by atoms with Crippen molar-refractivity contribution in [2.45, 2.75) is 12.6 Å². The summed E-state index contributed by atoms with van der Waals surface area (Å²) < 4.78 is 64.0. The molecule has 0 N–H and O–H groups in total. The largest absolute Gasteiger partial charge is 0.416 e. The highest BCUT2D eigenvalue weighted by molar-refractivity contribution is 6.48. The first kappa shape index (κ1) is 17.3. The molecule has 118 valence electrons. The van der Waals surface area contributed by atoms with Gasteiger partial charge >= 0.3 is 6.18 Å². The molecule has 0 aliphatic rings. The maximum absolute atomic E-state index is 12.9. The molecule has 2 rings (SSSR count). The summed E-state index contributed by atoms with van der Waals surface area (Å²) in [6.45, 7) is 0. The molecule has 0 unspecified atom stereocenters. The van der Waals surface area contributed by atoms with Gasteiger partial charge in [-0.05, 0) is 35.4 Å². The van der Waals surface area contributed by atoms with E-state index in [-0.39, 0.29) is 26.2 Å². The number of hydrogen-bond donors (Lipinski definition) is 0. The van der Waals surface area contributed by atoms with Crippen LogP contribution in [0.3, 0.4) is 0 Å². The zero-order chi connectivity index (χ0) is 16.7. The van der Waals surface area contributed by atoms with Crippen molar-refractivity contribution < 1.29 is 22.0 Å². The molecule has 0 amide bonds. The van der Waals surface area contributed by atoms with E-state index in [1.165, 1.54) is 12.1 Å². The summed E-state index contributed by atoms with van der Waals surface area (Å²) in [5.41, 5.74) is -2.07. The molecule has 0 nitrogen and oxygen atoms in total. The zero-order valence-electron chi connectivity index (χ0n) is 10.5. The molecule has 0 bridgehead atoms. The smallest absolute Gasteiger partial charge is 0.205 e. The molecule has 0 atom stereocenters. The monoisotopic (exact) mass is 374 g/mol. The summed E-state index contributed by atoms with van der Waals surface area (Å²) in [4.78, 5) is 0. The molecular weight excluding hydrogens is 370 g/mol. The second-order valence-electron chi connectivity index (χ2n) is 4.35. The van der Waals surface area contributed by atoms with Crippen LogP contribution in [-0.2, 0) is 6.18 Å². The van der Waals surface area contributed by atoms with Crippen LogP contribution >= 0.6 is 34.8 Å². The number of benzene rings is 2. The first-order valence-electron chi connectivity index (χ1n) is 5.75. The summed E-state index contributed by atoms with van der Waals surface area (Å²) in [5.74, 6) is 0. The second kappa shape index (κ2) is 6.22. The van der Waals surface area contributed by atoms with Gasteiger partial charge in [0.05, 0.1) is 20.6 Å². The van der Waals surface area contributed by atoms with E-state index in [4.69, 9.17) is 34.8 Å². The predicted octanol–water partition coefficient (Wildman–Crippen LogP) is 7.27. The van der Waals surface area contributed by atoms with Crippen LogP contribution in [0.25, 0.3) is 11.1 Å². The quantitative estimate of drug-likeness (QED) is 0.382. The maximum atomic E-state index is 12.9. The molecule has 0 heterocycles. The average molecular weight is 376 g/mol. The minimum absolute atomic E-state index is 0.0719. The van der Waals surface area contributed by atoms with Crippen molar-refractivity contribution in [3.05, 3.63) is 56.5 Å². The highest BCUT2D eigenvalue weighted by Crippen LogP contribution is 2.40. The van der Waals surface area contributed by atoms with E-state index in [1.54, 1.807) is 0 Å². The molecule has 8 heteroatoms. The Labute approximate surface area is 137 Å². The van der Waals surface area contributed by atoms with Crippen molar-refractivity contribution in [3.63, 3.8) is 0 Å². The molecular formula is C14H6Cl3F5. The van der Waals surface area contributed by atoms with Crippen molar-refractivity contribution in [2.24, 2.45) is 0 Å². The Balaban J connectivity index is 2.61. The van der Waals surface area contributed by atoms with Crippen LogP contribution in [0, 0.1) is 0 Å². The van der Waals surface area contributed by atoms with Crippen molar-refractivity contribution >= 4 is 34.8 Å². The minimum atomic E-state index is -4.86. The lowest BCUT2D eigenvalue weighted by molar-refractivity contribution is -0.139. The molecule has 0 aliphatic carbocycles. The van der Waals surface area contributed by atoms with E-state index < -0.39 is 23.7 Å². The van der Waals surface area contributed by atoms with Crippen LogP contribution in [-0.4, -0.2) is 0 Å². The first-order chi connectivity index (χ1) is 10.1. The van der Waals surface area contributed by atoms with Gasteiger partial charge in [-0.25, -0.2) is 8.78 Å². The van der Waals surface area contributed by atoms with Gasteiger partial charge in [-0.1, -0.05) is 40.9 Å². The molecule has 0 saturated heterocycles. The molecule has 22 heavy (non-hydrogen) atoms. The fourth-order valence-corrected chi connectivity index (χ4v) is 2.50. The van der Waals surface area contributed by atoms with Gasteiger partial charge in [0.25, 0.3) is 6.43 Å². The van der Waals surface area contributed by atoms with Crippen LogP contribution in [0.5, 0.6) is 0 Å². The molecule has 2 aromatic rings. The fourth-order valence-electron chi connectivity index (χ4n) is 1.90. The topological polar surface area (TPSA) is 0 Å². The number of rotatable bonds is 2. The van der Waals surface area contributed by atoms with Gasteiger partial charge in [-0.15, -0.1) is 0 Å². The van der Waals surface area contributed by atoms with Crippen molar-refractivity contribution in [2.75, 3.05) is 0 Å². The lowest BCUT2D eigenvalue weighted by Crippen LogP contribution is -2.09. The van der Waals surface area contributed by atoms with E-state index in [0.29, 0.717) is 6.07 Å². The SMILES string of the molecule is FC(F)c1cc(-c2cc(Cl)c(Cl)c(Cl)c2)ccc1C(F)(F)F. The van der Waals surface area contributed by atoms with E-state index in [0.717, 1.165) is 12.1 Å². The Hall–Kier alpha value is -1.04. The summed E-state index contributed by atoms with van der Waals surface area (Å²) in [7, 11) is 0. The van der Waals surface area contributed by atoms with Gasteiger partial charge in [0, 0.05) is 5.56 Å². The van der Waals surface area contributed by atoms with E-state index in [9.17, 15) is 22.0 Å². The summed E-state index contributed by atoms with van der Waals surface area (Å²) in [5, 5.41) is 0.221. The Morgan fingerprint density at radius 2 is 1.36 bits per heavy atom. The van der Waals surface area contributed by atoms with E-state index >= 15 is 0 Å². The van der Waals surface area contributed by atoms with Crippen molar-refractivity contribution in [1.82, 2.24) is 0 Å². The standard InChI is InChI=1S/C14H6Cl3F5/c15-10-4-7(5-11(16)12(10)17)6-1-2-9(14(20,21)22)8(3-6)13(18)19/h1-5,13H. The molecule has 0 aliphatic heterocycles. The lowest BCUT2D eigenvalue weighted by atomic mass is 9.99. The lowest BCUT2D eigenvalue weighted by Gasteiger charge is -2.14. The highest BCUT2D eigenvalue weighted by Gasteiger charge is 2.35. The Morgan fingerprint density at radius 1 is 0.818 bits per heavy atom. The average Bonchev–Trinajstić information content (AvgIpc) is 2.42. The third-order valence-electron chi connectivity index (χ3n) is 2.91. The minimum Gasteiger partial charge on any atom is -0.205 e. The van der Waals surface area contributed by atoms with Crippen LogP contribution in [0.15, 0.2) is 30.3 Å². The highest BCUT2D eigenvalue weighted by atomic mass is 35.5.